The lowest BCUT2D eigenvalue weighted by atomic mass is 10.2. The maximum absolute atomic E-state index is 5.67. The number of halogens is 2. The van der Waals surface area contributed by atoms with Crippen LogP contribution in [0.2, 0.25) is 0 Å². The zero-order valence-electron chi connectivity index (χ0n) is 6.40. The lowest BCUT2D eigenvalue weighted by molar-refractivity contribution is 1.51. The third-order valence-electron chi connectivity index (χ3n) is 0.945. The highest BCUT2D eigenvalue weighted by molar-refractivity contribution is 6.31. The average molecular weight is 189 g/mol. The van der Waals surface area contributed by atoms with Crippen molar-refractivity contribution in [1.29, 1.82) is 0 Å². The van der Waals surface area contributed by atoms with Crippen LogP contribution in [0.4, 0.5) is 0 Å². The summed E-state index contributed by atoms with van der Waals surface area (Å²) in [5.74, 6) is 0. The molecule has 0 bridgehead atoms. The summed E-state index contributed by atoms with van der Waals surface area (Å²) in [6.07, 6.45) is 5.06. The van der Waals surface area contributed by atoms with Crippen LogP contribution in [0.1, 0.15) is 6.92 Å². The van der Waals surface area contributed by atoms with Crippen molar-refractivity contribution >= 4 is 23.2 Å². The van der Waals surface area contributed by atoms with Crippen molar-refractivity contribution in [3.8, 4) is 0 Å². The molecular weight excluding hydrogens is 179 g/mol. The van der Waals surface area contributed by atoms with E-state index in [4.69, 9.17) is 23.2 Å². The molecule has 0 atom stereocenters. The van der Waals surface area contributed by atoms with Gasteiger partial charge in [0.05, 0.1) is 0 Å². The molecule has 0 radical (unpaired) electrons. The molecule has 0 saturated heterocycles. The van der Waals surface area contributed by atoms with Crippen LogP contribution in [0.3, 0.4) is 0 Å². The van der Waals surface area contributed by atoms with Crippen molar-refractivity contribution in [2.24, 2.45) is 0 Å². The molecule has 0 amide bonds. The Hall–Kier alpha value is -0.460. The fraction of sp³-hybridized carbons (Fsp3) is 0.111. The summed E-state index contributed by atoms with van der Waals surface area (Å²) >= 11 is 11.2. The SMILES string of the molecule is C=C/C(Cl)=C\C(C)=C/C(=C)Cl. The Morgan fingerprint density at radius 2 is 1.82 bits per heavy atom. The quantitative estimate of drug-likeness (QED) is 0.588. The predicted octanol–water partition coefficient (Wildman–Crippen LogP) is 3.99. The highest BCUT2D eigenvalue weighted by atomic mass is 35.5. The van der Waals surface area contributed by atoms with E-state index in [0.29, 0.717) is 10.1 Å². The molecule has 0 saturated carbocycles. The van der Waals surface area contributed by atoms with Gasteiger partial charge in [-0.3, -0.25) is 0 Å². The Kier molecular flexibility index (Phi) is 5.01. The van der Waals surface area contributed by atoms with Crippen molar-refractivity contribution in [1.82, 2.24) is 0 Å². The van der Waals surface area contributed by atoms with Crippen LogP contribution in [0.25, 0.3) is 0 Å². The molecular formula is C9H10Cl2. The number of hydrogen-bond acceptors (Lipinski definition) is 0. The van der Waals surface area contributed by atoms with Gasteiger partial charge in [0.1, 0.15) is 0 Å². The summed E-state index contributed by atoms with van der Waals surface area (Å²) in [6.45, 7) is 8.92. The molecule has 0 aromatic heterocycles. The Bertz CT molecular complexity index is 222. The van der Waals surface area contributed by atoms with Crippen LogP contribution in [0.15, 0.2) is 47.0 Å². The molecule has 11 heavy (non-hydrogen) atoms. The molecule has 0 aliphatic carbocycles. The van der Waals surface area contributed by atoms with Gasteiger partial charge >= 0.3 is 0 Å². The van der Waals surface area contributed by atoms with Gasteiger partial charge in [-0.05, 0) is 24.6 Å². The van der Waals surface area contributed by atoms with E-state index >= 15 is 0 Å². The van der Waals surface area contributed by atoms with Crippen LogP contribution >= 0.6 is 23.2 Å². The van der Waals surface area contributed by atoms with Crippen molar-refractivity contribution in [3.05, 3.63) is 47.0 Å². The standard InChI is InChI=1S/C9H10Cl2/c1-4-9(11)6-7(2)5-8(3)10/h4-6H,1,3H2,2H3/b7-5-,9-6+. The topological polar surface area (TPSA) is 0 Å². The van der Waals surface area contributed by atoms with Gasteiger partial charge in [0.25, 0.3) is 0 Å². The second-order valence-electron chi connectivity index (χ2n) is 2.07. The van der Waals surface area contributed by atoms with Gasteiger partial charge in [-0.2, -0.15) is 0 Å². The van der Waals surface area contributed by atoms with Gasteiger partial charge in [-0.15, -0.1) is 0 Å². The number of rotatable bonds is 3. The van der Waals surface area contributed by atoms with Crippen molar-refractivity contribution < 1.29 is 0 Å². The second-order valence-corrected chi connectivity index (χ2v) is 2.99. The summed E-state index contributed by atoms with van der Waals surface area (Å²) in [5.41, 5.74) is 0.954. The van der Waals surface area contributed by atoms with Gasteiger partial charge in [-0.25, -0.2) is 0 Å². The molecule has 0 aromatic rings. The third-order valence-corrected chi connectivity index (χ3v) is 1.32. The molecule has 0 unspecified atom stereocenters. The number of hydrogen-bond donors (Lipinski definition) is 0. The van der Waals surface area contributed by atoms with E-state index in [9.17, 15) is 0 Å². The lowest BCUT2D eigenvalue weighted by Gasteiger charge is -1.91. The summed E-state index contributed by atoms with van der Waals surface area (Å²) in [7, 11) is 0. The van der Waals surface area contributed by atoms with Gasteiger partial charge in [-0.1, -0.05) is 42.4 Å². The molecule has 2 heteroatoms. The first-order valence-corrected chi connectivity index (χ1v) is 3.84. The molecule has 0 aliphatic heterocycles. The maximum Gasteiger partial charge on any atom is 0.0402 e. The van der Waals surface area contributed by atoms with Crippen LogP contribution in [0, 0.1) is 0 Å². The van der Waals surface area contributed by atoms with E-state index in [-0.39, 0.29) is 0 Å². The molecule has 0 N–H and O–H groups in total. The summed E-state index contributed by atoms with van der Waals surface area (Å²) < 4.78 is 0. The normalized spacial score (nSPS) is 13.0. The van der Waals surface area contributed by atoms with Crippen LogP contribution in [-0.4, -0.2) is 0 Å². The van der Waals surface area contributed by atoms with Crippen LogP contribution in [0.5, 0.6) is 0 Å². The maximum atomic E-state index is 5.67. The highest BCUT2D eigenvalue weighted by Gasteiger charge is 1.86. The minimum atomic E-state index is 0.493. The van der Waals surface area contributed by atoms with E-state index in [1.54, 1.807) is 18.2 Å². The Morgan fingerprint density at radius 1 is 1.27 bits per heavy atom. The molecule has 0 aromatic carbocycles. The van der Waals surface area contributed by atoms with Gasteiger partial charge < -0.3 is 0 Å². The third kappa shape index (κ3) is 5.96. The molecule has 0 aliphatic rings. The Balaban J connectivity index is 4.38. The highest BCUT2D eigenvalue weighted by Crippen LogP contribution is 2.10. The largest absolute Gasteiger partial charge is 0.0976 e. The molecule has 0 spiro atoms. The summed E-state index contributed by atoms with van der Waals surface area (Å²) in [5, 5.41) is 1.09. The first-order chi connectivity index (χ1) is 5.06. The fourth-order valence-corrected chi connectivity index (χ4v) is 0.909. The molecule has 0 rings (SSSR count). The molecule has 0 fully saturated rings. The number of allylic oxidation sites excluding steroid dienone is 6. The Morgan fingerprint density at radius 3 is 2.18 bits per heavy atom. The van der Waals surface area contributed by atoms with E-state index < -0.39 is 0 Å². The first kappa shape index (κ1) is 10.5. The minimum absolute atomic E-state index is 0.493. The van der Waals surface area contributed by atoms with Crippen molar-refractivity contribution in [2.45, 2.75) is 6.92 Å². The molecule has 60 valence electrons. The van der Waals surface area contributed by atoms with Crippen molar-refractivity contribution in [3.63, 3.8) is 0 Å². The minimum Gasteiger partial charge on any atom is -0.0976 e. The van der Waals surface area contributed by atoms with Crippen LogP contribution < -0.4 is 0 Å². The zero-order chi connectivity index (χ0) is 8.85. The fourth-order valence-electron chi connectivity index (χ4n) is 0.565. The van der Waals surface area contributed by atoms with E-state index in [1.807, 2.05) is 6.92 Å². The lowest BCUT2D eigenvalue weighted by Crippen LogP contribution is -1.70. The first-order valence-electron chi connectivity index (χ1n) is 3.08. The smallest absolute Gasteiger partial charge is 0.0402 e. The van der Waals surface area contributed by atoms with E-state index in [0.717, 1.165) is 5.57 Å². The zero-order valence-corrected chi connectivity index (χ0v) is 7.91. The van der Waals surface area contributed by atoms with Gasteiger partial charge in [0.2, 0.25) is 0 Å². The Labute approximate surface area is 77.5 Å². The van der Waals surface area contributed by atoms with Gasteiger partial charge in [0, 0.05) is 10.1 Å². The van der Waals surface area contributed by atoms with E-state index in [2.05, 4.69) is 13.2 Å². The van der Waals surface area contributed by atoms with Crippen molar-refractivity contribution in [2.75, 3.05) is 0 Å². The molecule has 0 heterocycles. The average Bonchev–Trinajstić information content (AvgIpc) is 1.85. The van der Waals surface area contributed by atoms with Crippen LogP contribution in [-0.2, 0) is 0 Å². The molecule has 0 nitrogen and oxygen atoms in total. The summed E-state index contributed by atoms with van der Waals surface area (Å²) in [6, 6.07) is 0. The predicted molar refractivity (Wildman–Crippen MR) is 52.9 cm³/mol. The second kappa shape index (κ2) is 5.22. The monoisotopic (exact) mass is 188 g/mol. The van der Waals surface area contributed by atoms with E-state index in [1.165, 1.54) is 0 Å². The van der Waals surface area contributed by atoms with Gasteiger partial charge in [0.15, 0.2) is 0 Å². The summed E-state index contributed by atoms with van der Waals surface area (Å²) in [4.78, 5) is 0.